The minimum Gasteiger partial charge on any atom is -0.481 e. The van der Waals surface area contributed by atoms with Gasteiger partial charge in [-0.25, -0.2) is 0 Å². The van der Waals surface area contributed by atoms with Crippen molar-refractivity contribution in [2.75, 3.05) is 6.54 Å². The lowest BCUT2D eigenvalue weighted by Gasteiger charge is -2.21. The summed E-state index contributed by atoms with van der Waals surface area (Å²) in [6, 6.07) is 0.454. The molecular weight excluding hydrogens is 178 g/mol. The second-order valence-electron chi connectivity index (χ2n) is 4.11. The highest BCUT2D eigenvalue weighted by Gasteiger charge is 2.21. The number of nitrogens with one attached hydrogen (secondary N) is 1. The Hall–Kier alpha value is -0.570. The number of carboxylic acids is 1. The van der Waals surface area contributed by atoms with Crippen LogP contribution in [0.15, 0.2) is 0 Å². The molecule has 0 aliphatic rings. The van der Waals surface area contributed by atoms with Crippen molar-refractivity contribution in [3.63, 3.8) is 0 Å². The molecule has 0 saturated carbocycles. The molecule has 0 aliphatic carbocycles. The van der Waals surface area contributed by atoms with E-state index in [9.17, 15) is 4.79 Å². The van der Waals surface area contributed by atoms with E-state index in [1.54, 1.807) is 0 Å². The van der Waals surface area contributed by atoms with Crippen molar-refractivity contribution in [1.29, 1.82) is 0 Å². The molecule has 0 amide bonds. The quantitative estimate of drug-likeness (QED) is 0.663. The van der Waals surface area contributed by atoms with Crippen molar-refractivity contribution >= 4 is 5.97 Å². The first-order chi connectivity index (χ1) is 6.52. The summed E-state index contributed by atoms with van der Waals surface area (Å²) < 4.78 is 0. The van der Waals surface area contributed by atoms with Gasteiger partial charge in [-0.1, -0.05) is 27.7 Å². The predicted octanol–water partition coefficient (Wildman–Crippen LogP) is 2.12. The van der Waals surface area contributed by atoms with E-state index in [2.05, 4.69) is 19.2 Å². The lowest BCUT2D eigenvalue weighted by Crippen LogP contribution is -2.37. The van der Waals surface area contributed by atoms with Gasteiger partial charge in [0.1, 0.15) is 0 Å². The van der Waals surface area contributed by atoms with Crippen LogP contribution < -0.4 is 5.32 Å². The van der Waals surface area contributed by atoms with E-state index in [1.165, 1.54) is 0 Å². The molecule has 2 N–H and O–H groups in total. The molecule has 0 heterocycles. The van der Waals surface area contributed by atoms with Gasteiger partial charge in [0.15, 0.2) is 0 Å². The van der Waals surface area contributed by atoms with Crippen LogP contribution in [0.25, 0.3) is 0 Å². The van der Waals surface area contributed by atoms with Gasteiger partial charge in [0, 0.05) is 12.6 Å². The molecule has 0 spiro atoms. The average molecular weight is 201 g/mol. The van der Waals surface area contributed by atoms with Gasteiger partial charge in [-0.2, -0.15) is 0 Å². The predicted molar refractivity (Wildman–Crippen MR) is 58.3 cm³/mol. The first-order valence-corrected chi connectivity index (χ1v) is 5.49. The van der Waals surface area contributed by atoms with Crippen LogP contribution in [0.3, 0.4) is 0 Å². The molecule has 3 heteroatoms. The normalized spacial score (nSPS) is 13.6. The van der Waals surface area contributed by atoms with Crippen molar-refractivity contribution in [3.05, 3.63) is 0 Å². The van der Waals surface area contributed by atoms with E-state index in [4.69, 9.17) is 5.11 Å². The SMILES string of the molecule is CCC(CC)NCC(C(=O)O)C(C)C. The topological polar surface area (TPSA) is 49.3 Å². The van der Waals surface area contributed by atoms with Gasteiger partial charge in [-0.3, -0.25) is 4.79 Å². The molecule has 14 heavy (non-hydrogen) atoms. The first kappa shape index (κ1) is 13.4. The van der Waals surface area contributed by atoms with Crippen LogP contribution in [0.4, 0.5) is 0 Å². The molecule has 1 unspecified atom stereocenters. The molecular formula is C11H23NO2. The van der Waals surface area contributed by atoms with E-state index < -0.39 is 5.97 Å². The number of carbonyl (C=O) groups is 1. The number of carboxylic acid groups (broad SMARTS) is 1. The summed E-state index contributed by atoms with van der Waals surface area (Å²) in [6.07, 6.45) is 2.11. The zero-order chi connectivity index (χ0) is 11.1. The zero-order valence-electron chi connectivity index (χ0n) is 9.71. The first-order valence-electron chi connectivity index (χ1n) is 5.49. The summed E-state index contributed by atoms with van der Waals surface area (Å²) in [6.45, 7) is 8.72. The maximum absolute atomic E-state index is 10.9. The van der Waals surface area contributed by atoms with Crippen LogP contribution in [-0.2, 0) is 4.79 Å². The fraction of sp³-hybridized carbons (Fsp3) is 0.909. The lowest BCUT2D eigenvalue weighted by atomic mass is 9.95. The van der Waals surface area contributed by atoms with Gasteiger partial charge in [0.25, 0.3) is 0 Å². The van der Waals surface area contributed by atoms with E-state index in [0.717, 1.165) is 12.8 Å². The Balaban J connectivity index is 3.99. The Labute approximate surface area is 86.9 Å². The number of rotatable bonds is 7. The smallest absolute Gasteiger partial charge is 0.308 e. The Morgan fingerprint density at radius 3 is 2.07 bits per heavy atom. The van der Waals surface area contributed by atoms with E-state index >= 15 is 0 Å². The number of hydrogen-bond donors (Lipinski definition) is 2. The maximum atomic E-state index is 10.9. The Bertz CT molecular complexity index is 165. The molecule has 0 radical (unpaired) electrons. The van der Waals surface area contributed by atoms with Crippen LogP contribution in [-0.4, -0.2) is 23.7 Å². The largest absolute Gasteiger partial charge is 0.481 e. The molecule has 0 aliphatic heterocycles. The third-order valence-electron chi connectivity index (χ3n) is 2.73. The highest BCUT2D eigenvalue weighted by Crippen LogP contribution is 2.10. The highest BCUT2D eigenvalue weighted by atomic mass is 16.4. The van der Waals surface area contributed by atoms with Gasteiger partial charge in [0.2, 0.25) is 0 Å². The zero-order valence-corrected chi connectivity index (χ0v) is 9.71. The minimum absolute atomic E-state index is 0.189. The third-order valence-corrected chi connectivity index (χ3v) is 2.73. The summed E-state index contributed by atoms with van der Waals surface area (Å²) in [5, 5.41) is 12.3. The molecule has 1 atom stereocenters. The molecule has 0 fully saturated rings. The molecule has 0 saturated heterocycles. The molecule has 84 valence electrons. The summed E-state index contributed by atoms with van der Waals surface area (Å²) in [5.41, 5.74) is 0. The monoisotopic (exact) mass is 201 g/mol. The van der Waals surface area contributed by atoms with Crippen molar-refractivity contribution in [3.8, 4) is 0 Å². The maximum Gasteiger partial charge on any atom is 0.308 e. The summed E-state index contributed by atoms with van der Waals surface area (Å²) >= 11 is 0. The van der Waals surface area contributed by atoms with Crippen molar-refractivity contribution in [1.82, 2.24) is 5.32 Å². The second-order valence-corrected chi connectivity index (χ2v) is 4.11. The average Bonchev–Trinajstić information content (AvgIpc) is 2.11. The van der Waals surface area contributed by atoms with Crippen LogP contribution >= 0.6 is 0 Å². The minimum atomic E-state index is -0.696. The molecule has 0 aromatic rings. The van der Waals surface area contributed by atoms with E-state index in [1.807, 2.05) is 13.8 Å². The summed E-state index contributed by atoms with van der Waals surface area (Å²) in [7, 11) is 0. The van der Waals surface area contributed by atoms with E-state index in [-0.39, 0.29) is 11.8 Å². The molecule has 3 nitrogen and oxygen atoms in total. The molecule has 0 aromatic carbocycles. The van der Waals surface area contributed by atoms with Crippen LogP contribution in [0.2, 0.25) is 0 Å². The standard InChI is InChI=1S/C11H23NO2/c1-5-9(6-2)12-7-10(8(3)4)11(13)14/h8-10,12H,5-7H2,1-4H3,(H,13,14). The van der Waals surface area contributed by atoms with Crippen LogP contribution in [0, 0.1) is 11.8 Å². The third kappa shape index (κ3) is 4.61. The van der Waals surface area contributed by atoms with Gasteiger partial charge < -0.3 is 10.4 Å². The van der Waals surface area contributed by atoms with Crippen LogP contribution in [0.1, 0.15) is 40.5 Å². The van der Waals surface area contributed by atoms with Crippen molar-refractivity contribution in [2.45, 2.75) is 46.6 Å². The lowest BCUT2D eigenvalue weighted by molar-refractivity contribution is -0.143. The fourth-order valence-corrected chi connectivity index (χ4v) is 1.48. The second kappa shape index (κ2) is 6.82. The number of aliphatic carboxylic acids is 1. The van der Waals surface area contributed by atoms with Crippen molar-refractivity contribution < 1.29 is 9.90 Å². The van der Waals surface area contributed by atoms with Crippen LogP contribution in [0.5, 0.6) is 0 Å². The van der Waals surface area contributed by atoms with Crippen molar-refractivity contribution in [2.24, 2.45) is 11.8 Å². The van der Waals surface area contributed by atoms with E-state index in [0.29, 0.717) is 12.6 Å². The molecule has 0 aromatic heterocycles. The summed E-state index contributed by atoms with van der Waals surface area (Å²) in [4.78, 5) is 10.9. The number of hydrogen-bond acceptors (Lipinski definition) is 2. The molecule has 0 bridgehead atoms. The molecule has 0 rings (SSSR count). The Morgan fingerprint density at radius 1 is 1.29 bits per heavy atom. The summed E-state index contributed by atoms with van der Waals surface area (Å²) in [5.74, 6) is -0.775. The van der Waals surface area contributed by atoms with Gasteiger partial charge in [-0.15, -0.1) is 0 Å². The Kier molecular flexibility index (Phi) is 6.54. The van der Waals surface area contributed by atoms with Gasteiger partial charge >= 0.3 is 5.97 Å². The van der Waals surface area contributed by atoms with Gasteiger partial charge in [0.05, 0.1) is 5.92 Å². The highest BCUT2D eigenvalue weighted by molar-refractivity contribution is 5.70. The van der Waals surface area contributed by atoms with Gasteiger partial charge in [-0.05, 0) is 18.8 Å². The fourth-order valence-electron chi connectivity index (χ4n) is 1.48. The Morgan fingerprint density at radius 2 is 1.79 bits per heavy atom.